The quantitative estimate of drug-likeness (QED) is 0.490. The number of carbonyl (C=O) groups is 1. The second kappa shape index (κ2) is 6.06. The number of hydrogen-bond acceptors (Lipinski definition) is 6. The van der Waals surface area contributed by atoms with Crippen molar-refractivity contribution in [1.82, 2.24) is 20.2 Å². The van der Waals surface area contributed by atoms with Crippen molar-refractivity contribution < 1.29 is 9.21 Å². The molecule has 0 radical (unpaired) electrons. The lowest BCUT2D eigenvalue weighted by Crippen LogP contribution is -2.11. The summed E-state index contributed by atoms with van der Waals surface area (Å²) in [6, 6.07) is 14.6. The maximum Gasteiger partial charge on any atom is 0.250 e. The number of primary amides is 1. The number of hydrogen-bond donors (Lipinski definition) is 3. The van der Waals surface area contributed by atoms with E-state index in [9.17, 15) is 4.79 Å². The van der Waals surface area contributed by atoms with Gasteiger partial charge in [0.05, 0.1) is 11.1 Å². The molecule has 7 nitrogen and oxygen atoms in total. The van der Waals surface area contributed by atoms with E-state index in [2.05, 4.69) is 32.8 Å². The molecule has 4 aromatic rings. The fourth-order valence-corrected chi connectivity index (χ4v) is 2.77. The standard InChI is InChI=1S/C17H13N5O2S/c18-14(23)10-7-4-8-11-12(10)20-15(19-11)13(25)17-22-21-16(24-17)9-5-2-1-3-6-9/h1-8,13,25H,(H2,18,23)(H,19,20). The fraction of sp³-hybridized carbons (Fsp3) is 0.0588. The molecule has 0 aliphatic rings. The summed E-state index contributed by atoms with van der Waals surface area (Å²) in [7, 11) is 0. The van der Waals surface area contributed by atoms with Crippen LogP contribution in [0.1, 0.15) is 27.3 Å². The largest absolute Gasteiger partial charge is 0.419 e. The molecule has 2 heterocycles. The van der Waals surface area contributed by atoms with E-state index in [0.717, 1.165) is 5.56 Å². The number of para-hydroxylation sites is 1. The van der Waals surface area contributed by atoms with Crippen molar-refractivity contribution in [1.29, 1.82) is 0 Å². The van der Waals surface area contributed by atoms with E-state index >= 15 is 0 Å². The highest BCUT2D eigenvalue weighted by Crippen LogP contribution is 2.29. The van der Waals surface area contributed by atoms with Crippen molar-refractivity contribution in [2.45, 2.75) is 5.25 Å². The first-order valence-electron chi connectivity index (χ1n) is 7.49. The smallest absolute Gasteiger partial charge is 0.250 e. The Labute approximate surface area is 147 Å². The number of H-pyrrole nitrogens is 1. The van der Waals surface area contributed by atoms with E-state index in [1.54, 1.807) is 12.1 Å². The van der Waals surface area contributed by atoms with Crippen LogP contribution in [0.5, 0.6) is 0 Å². The number of imidazole rings is 1. The van der Waals surface area contributed by atoms with Crippen LogP contribution in [0.2, 0.25) is 0 Å². The van der Waals surface area contributed by atoms with Crippen LogP contribution in [0.4, 0.5) is 0 Å². The topological polar surface area (TPSA) is 111 Å². The number of rotatable bonds is 4. The van der Waals surface area contributed by atoms with Crippen molar-refractivity contribution in [2.75, 3.05) is 0 Å². The number of nitrogens with two attached hydrogens (primary N) is 1. The zero-order valence-electron chi connectivity index (χ0n) is 12.9. The second-order valence-corrected chi connectivity index (χ2v) is 5.92. The average Bonchev–Trinajstić information content (AvgIpc) is 3.28. The Kier molecular flexibility index (Phi) is 3.73. The van der Waals surface area contributed by atoms with E-state index in [1.165, 1.54) is 0 Å². The predicted octanol–water partition coefficient (Wildman–Crippen LogP) is 2.73. The molecule has 0 fully saturated rings. The van der Waals surface area contributed by atoms with Crippen LogP contribution >= 0.6 is 12.6 Å². The second-order valence-electron chi connectivity index (χ2n) is 5.40. The molecule has 0 bridgehead atoms. The predicted molar refractivity (Wildman–Crippen MR) is 95.2 cm³/mol. The van der Waals surface area contributed by atoms with Crippen LogP contribution in [0.3, 0.4) is 0 Å². The number of amides is 1. The van der Waals surface area contributed by atoms with Gasteiger partial charge < -0.3 is 15.1 Å². The fourth-order valence-electron chi connectivity index (χ4n) is 2.54. The number of carbonyl (C=O) groups excluding carboxylic acids is 1. The van der Waals surface area contributed by atoms with E-state index in [4.69, 9.17) is 10.2 Å². The van der Waals surface area contributed by atoms with E-state index in [-0.39, 0.29) is 0 Å². The van der Waals surface area contributed by atoms with Gasteiger partial charge in [0.15, 0.2) is 0 Å². The van der Waals surface area contributed by atoms with Crippen molar-refractivity contribution >= 4 is 29.6 Å². The number of thiol groups is 1. The van der Waals surface area contributed by atoms with Gasteiger partial charge in [-0.25, -0.2) is 4.98 Å². The number of nitrogens with one attached hydrogen (secondary N) is 1. The number of aromatic nitrogens is 4. The summed E-state index contributed by atoms with van der Waals surface area (Å²) in [4.78, 5) is 19.1. The molecule has 124 valence electrons. The Hall–Kier alpha value is -3.13. The number of benzene rings is 2. The van der Waals surface area contributed by atoms with E-state index in [0.29, 0.717) is 34.2 Å². The molecule has 0 aliphatic carbocycles. The molecule has 2 aromatic heterocycles. The number of nitrogens with zero attached hydrogens (tertiary/aromatic N) is 3. The van der Waals surface area contributed by atoms with Crippen LogP contribution < -0.4 is 5.73 Å². The van der Waals surface area contributed by atoms with E-state index < -0.39 is 11.2 Å². The molecule has 1 atom stereocenters. The number of aromatic amines is 1. The lowest BCUT2D eigenvalue weighted by atomic mass is 10.2. The third kappa shape index (κ3) is 2.76. The first-order valence-corrected chi connectivity index (χ1v) is 8.00. The van der Waals surface area contributed by atoms with Crippen LogP contribution in [0.25, 0.3) is 22.5 Å². The summed E-state index contributed by atoms with van der Waals surface area (Å²) in [5.74, 6) is 0.671. The Bertz CT molecular complexity index is 1060. The third-order valence-electron chi connectivity index (χ3n) is 3.75. The lowest BCUT2D eigenvalue weighted by Gasteiger charge is -2.01. The molecule has 1 amide bonds. The Morgan fingerprint density at radius 1 is 1.12 bits per heavy atom. The van der Waals surface area contributed by atoms with Gasteiger partial charge in [0.2, 0.25) is 11.8 Å². The van der Waals surface area contributed by atoms with Gasteiger partial charge in [0, 0.05) is 5.56 Å². The molecule has 2 aromatic carbocycles. The zero-order valence-corrected chi connectivity index (χ0v) is 13.8. The third-order valence-corrected chi connectivity index (χ3v) is 4.22. The highest BCUT2D eigenvalue weighted by Gasteiger charge is 2.22. The summed E-state index contributed by atoms with van der Waals surface area (Å²) >= 11 is 4.53. The summed E-state index contributed by atoms with van der Waals surface area (Å²) in [5, 5.41) is 7.55. The molecule has 4 rings (SSSR count). The van der Waals surface area contributed by atoms with Crippen molar-refractivity contribution in [3.63, 3.8) is 0 Å². The highest BCUT2D eigenvalue weighted by atomic mass is 32.1. The average molecular weight is 351 g/mol. The molecule has 25 heavy (non-hydrogen) atoms. The van der Waals surface area contributed by atoms with Gasteiger partial charge in [0.1, 0.15) is 16.6 Å². The minimum Gasteiger partial charge on any atom is -0.419 e. The first kappa shape index (κ1) is 15.4. The zero-order chi connectivity index (χ0) is 17.4. The first-order chi connectivity index (χ1) is 12.1. The summed E-state index contributed by atoms with van der Waals surface area (Å²) < 4.78 is 5.71. The number of fused-ring (bicyclic) bond motifs is 1. The van der Waals surface area contributed by atoms with Gasteiger partial charge in [-0.3, -0.25) is 4.79 Å². The molecular weight excluding hydrogens is 338 g/mol. The minimum atomic E-state index is -0.557. The Morgan fingerprint density at radius 3 is 2.68 bits per heavy atom. The highest BCUT2D eigenvalue weighted by molar-refractivity contribution is 7.80. The molecule has 8 heteroatoms. The maximum atomic E-state index is 11.5. The van der Waals surface area contributed by atoms with Gasteiger partial charge in [-0.2, -0.15) is 12.6 Å². The van der Waals surface area contributed by atoms with Crippen molar-refractivity contribution in [2.24, 2.45) is 5.73 Å². The Balaban J connectivity index is 1.71. The van der Waals surface area contributed by atoms with Crippen LogP contribution in [-0.2, 0) is 0 Å². The van der Waals surface area contributed by atoms with Gasteiger partial charge in [0.25, 0.3) is 5.91 Å². The molecule has 0 saturated heterocycles. The maximum absolute atomic E-state index is 11.5. The van der Waals surface area contributed by atoms with Gasteiger partial charge in [-0.15, -0.1) is 10.2 Å². The summed E-state index contributed by atoms with van der Waals surface area (Å²) in [5.41, 5.74) is 7.74. The normalized spacial score (nSPS) is 12.4. The SMILES string of the molecule is NC(=O)c1cccc2[nH]c(C(S)c3nnc(-c4ccccc4)o3)nc12. The molecule has 0 aliphatic heterocycles. The molecule has 0 spiro atoms. The van der Waals surface area contributed by atoms with Crippen LogP contribution in [-0.4, -0.2) is 26.1 Å². The van der Waals surface area contributed by atoms with Gasteiger partial charge in [-0.05, 0) is 24.3 Å². The van der Waals surface area contributed by atoms with Crippen LogP contribution in [0.15, 0.2) is 52.9 Å². The molecule has 3 N–H and O–H groups in total. The lowest BCUT2D eigenvalue weighted by molar-refractivity contribution is 0.100. The van der Waals surface area contributed by atoms with Gasteiger partial charge in [-0.1, -0.05) is 24.3 Å². The van der Waals surface area contributed by atoms with Gasteiger partial charge >= 0.3 is 0 Å². The molecular formula is C17H13N5O2S. The van der Waals surface area contributed by atoms with Crippen molar-refractivity contribution in [3.8, 4) is 11.5 Å². The molecule has 0 saturated carbocycles. The monoisotopic (exact) mass is 351 g/mol. The van der Waals surface area contributed by atoms with E-state index in [1.807, 2.05) is 36.4 Å². The Morgan fingerprint density at radius 2 is 1.92 bits per heavy atom. The van der Waals surface area contributed by atoms with Crippen molar-refractivity contribution in [3.05, 3.63) is 65.8 Å². The summed E-state index contributed by atoms with van der Waals surface area (Å²) in [6.45, 7) is 0. The molecule has 1 unspecified atom stereocenters. The minimum absolute atomic E-state index is 0.307. The summed E-state index contributed by atoms with van der Waals surface area (Å²) in [6.07, 6.45) is 0. The van der Waals surface area contributed by atoms with Crippen LogP contribution in [0, 0.1) is 0 Å².